The first-order chi connectivity index (χ1) is 14.5. The Balaban J connectivity index is 1.65. The lowest BCUT2D eigenvalue weighted by molar-refractivity contribution is 0.101. The summed E-state index contributed by atoms with van der Waals surface area (Å²) in [5.41, 5.74) is 1.50. The molecule has 4 aromatic rings. The van der Waals surface area contributed by atoms with Crippen molar-refractivity contribution in [2.24, 2.45) is 7.05 Å². The number of aryl methyl sites for hydroxylation is 3. The number of rotatable bonds is 6. The molecule has 0 unspecified atom stereocenters. The quantitative estimate of drug-likeness (QED) is 0.461. The molecule has 0 saturated carbocycles. The Hall–Kier alpha value is -2.76. The maximum Gasteiger partial charge on any atom is 0.277 e. The van der Waals surface area contributed by atoms with Gasteiger partial charge in [0.15, 0.2) is 5.16 Å². The van der Waals surface area contributed by atoms with Crippen LogP contribution in [-0.4, -0.2) is 35.0 Å². The Bertz CT molecular complexity index is 1190. The molecule has 1 aromatic carbocycles. The molecular formula is C19H17N7OS3. The Morgan fingerprint density at radius 2 is 1.87 bits per heavy atom. The second kappa shape index (κ2) is 8.94. The summed E-state index contributed by atoms with van der Waals surface area (Å²) in [6, 6.07) is 11.9. The third-order valence-electron chi connectivity index (χ3n) is 3.91. The number of pyridine rings is 1. The summed E-state index contributed by atoms with van der Waals surface area (Å²) in [6.45, 7) is 3.82. The first kappa shape index (κ1) is 20.5. The molecule has 152 valence electrons. The van der Waals surface area contributed by atoms with E-state index in [1.165, 1.54) is 29.1 Å². The normalized spacial score (nSPS) is 10.9. The van der Waals surface area contributed by atoms with Crippen molar-refractivity contribution in [2.75, 3.05) is 5.32 Å². The molecular weight excluding hydrogens is 438 g/mol. The fourth-order valence-electron chi connectivity index (χ4n) is 2.43. The summed E-state index contributed by atoms with van der Waals surface area (Å²) in [5, 5.41) is 12.5. The van der Waals surface area contributed by atoms with E-state index in [1.807, 2.05) is 50.4 Å². The lowest BCUT2D eigenvalue weighted by atomic mass is 10.2. The van der Waals surface area contributed by atoms with E-state index in [9.17, 15) is 4.79 Å². The van der Waals surface area contributed by atoms with Crippen molar-refractivity contribution >= 4 is 46.1 Å². The maximum absolute atomic E-state index is 13.0. The summed E-state index contributed by atoms with van der Waals surface area (Å²) in [6.07, 6.45) is 1.62. The highest BCUT2D eigenvalue weighted by molar-refractivity contribution is 7.99. The van der Waals surface area contributed by atoms with Gasteiger partial charge in [-0.3, -0.25) is 10.1 Å². The van der Waals surface area contributed by atoms with Crippen LogP contribution in [0.3, 0.4) is 0 Å². The fourth-order valence-corrected chi connectivity index (χ4v) is 4.63. The van der Waals surface area contributed by atoms with Crippen LogP contribution in [0.1, 0.15) is 21.9 Å². The van der Waals surface area contributed by atoms with Gasteiger partial charge in [-0.2, -0.15) is 4.37 Å². The molecule has 0 radical (unpaired) electrons. The van der Waals surface area contributed by atoms with E-state index in [1.54, 1.807) is 17.8 Å². The Kier molecular flexibility index (Phi) is 6.11. The monoisotopic (exact) mass is 455 g/mol. The first-order valence-corrected chi connectivity index (χ1v) is 11.3. The molecule has 0 aliphatic heterocycles. The number of anilines is 1. The summed E-state index contributed by atoms with van der Waals surface area (Å²) in [7, 11) is 1.86. The second-order valence-electron chi connectivity index (χ2n) is 6.34. The molecule has 1 N–H and O–H groups in total. The van der Waals surface area contributed by atoms with Gasteiger partial charge in [0.05, 0.1) is 0 Å². The summed E-state index contributed by atoms with van der Waals surface area (Å²) in [5.74, 6) is 0.283. The molecule has 11 heteroatoms. The third kappa shape index (κ3) is 4.86. The Labute approximate surface area is 185 Å². The summed E-state index contributed by atoms with van der Waals surface area (Å²) >= 11 is 3.97. The van der Waals surface area contributed by atoms with Crippen molar-refractivity contribution < 1.29 is 4.79 Å². The highest BCUT2D eigenvalue weighted by Crippen LogP contribution is 2.33. The third-order valence-corrected chi connectivity index (χ3v) is 6.68. The van der Waals surface area contributed by atoms with Crippen LogP contribution in [0.2, 0.25) is 0 Å². The minimum absolute atomic E-state index is 0.320. The lowest BCUT2D eigenvalue weighted by Crippen LogP contribution is -2.15. The van der Waals surface area contributed by atoms with Crippen LogP contribution in [-0.2, 0) is 7.05 Å². The Morgan fingerprint density at radius 1 is 1.07 bits per heavy atom. The minimum Gasteiger partial charge on any atom is -0.311 e. The van der Waals surface area contributed by atoms with E-state index in [4.69, 9.17) is 0 Å². The SMILES string of the molecule is Cc1ccc(Sc2ccc(Sc3nncn3C)nc2C(=O)Nc2nc(C)ns2)cc1. The van der Waals surface area contributed by atoms with Gasteiger partial charge in [-0.15, -0.1) is 10.2 Å². The number of carbonyl (C=O) groups excluding carboxylic acids is 1. The fraction of sp³-hybridized carbons (Fsp3) is 0.158. The number of hydrogen-bond acceptors (Lipinski definition) is 9. The van der Waals surface area contributed by atoms with E-state index in [0.29, 0.717) is 26.8 Å². The molecule has 0 aliphatic carbocycles. The van der Waals surface area contributed by atoms with Crippen LogP contribution in [0.5, 0.6) is 0 Å². The molecule has 3 heterocycles. The average Bonchev–Trinajstić information content (AvgIpc) is 3.32. The van der Waals surface area contributed by atoms with Gasteiger partial charge in [-0.25, -0.2) is 9.97 Å². The highest BCUT2D eigenvalue weighted by atomic mass is 32.2. The topological polar surface area (TPSA) is 98.5 Å². The molecule has 1 amide bonds. The highest BCUT2D eigenvalue weighted by Gasteiger charge is 2.18. The van der Waals surface area contributed by atoms with Crippen molar-refractivity contribution in [3.05, 3.63) is 59.8 Å². The van der Waals surface area contributed by atoms with Gasteiger partial charge in [0.1, 0.15) is 22.9 Å². The first-order valence-electron chi connectivity index (χ1n) is 8.87. The van der Waals surface area contributed by atoms with Gasteiger partial charge < -0.3 is 4.57 Å². The van der Waals surface area contributed by atoms with Crippen molar-refractivity contribution in [3.8, 4) is 0 Å². The molecule has 0 bridgehead atoms. The maximum atomic E-state index is 13.0. The molecule has 0 aliphatic rings. The number of benzene rings is 1. The van der Waals surface area contributed by atoms with E-state index in [0.717, 1.165) is 21.3 Å². The van der Waals surface area contributed by atoms with Gasteiger partial charge in [0.25, 0.3) is 5.91 Å². The number of carbonyl (C=O) groups is 1. The van der Waals surface area contributed by atoms with E-state index < -0.39 is 0 Å². The predicted octanol–water partition coefficient (Wildman–Crippen LogP) is 4.23. The number of nitrogens with one attached hydrogen (secondary N) is 1. The largest absolute Gasteiger partial charge is 0.311 e. The van der Waals surface area contributed by atoms with Gasteiger partial charge in [-0.05, 0) is 49.9 Å². The van der Waals surface area contributed by atoms with Crippen molar-refractivity contribution in [1.82, 2.24) is 29.1 Å². The number of nitrogens with zero attached hydrogens (tertiary/aromatic N) is 6. The number of aromatic nitrogens is 6. The van der Waals surface area contributed by atoms with Crippen LogP contribution < -0.4 is 5.32 Å². The molecule has 0 spiro atoms. The van der Waals surface area contributed by atoms with E-state index in [-0.39, 0.29) is 5.91 Å². The molecule has 0 fully saturated rings. The van der Waals surface area contributed by atoms with Gasteiger partial charge in [0.2, 0.25) is 5.13 Å². The summed E-state index contributed by atoms with van der Waals surface area (Å²) < 4.78 is 5.90. The zero-order chi connectivity index (χ0) is 21.1. The minimum atomic E-state index is -0.332. The van der Waals surface area contributed by atoms with Crippen molar-refractivity contribution in [3.63, 3.8) is 0 Å². The summed E-state index contributed by atoms with van der Waals surface area (Å²) in [4.78, 5) is 23.6. The van der Waals surface area contributed by atoms with Gasteiger partial charge in [0, 0.05) is 28.4 Å². The second-order valence-corrected chi connectivity index (χ2v) is 9.19. The lowest BCUT2D eigenvalue weighted by Gasteiger charge is -2.10. The molecule has 0 atom stereocenters. The average molecular weight is 456 g/mol. The molecule has 8 nitrogen and oxygen atoms in total. The number of amides is 1. The van der Waals surface area contributed by atoms with Crippen LogP contribution in [0.4, 0.5) is 5.13 Å². The predicted molar refractivity (Wildman–Crippen MR) is 117 cm³/mol. The molecule has 0 saturated heterocycles. The number of hydrogen-bond donors (Lipinski definition) is 1. The van der Waals surface area contributed by atoms with Crippen LogP contribution >= 0.6 is 35.1 Å². The molecule has 4 rings (SSSR count). The van der Waals surface area contributed by atoms with E-state index in [2.05, 4.69) is 29.9 Å². The van der Waals surface area contributed by atoms with Crippen LogP contribution in [0.15, 0.2) is 62.7 Å². The van der Waals surface area contributed by atoms with Crippen LogP contribution in [0, 0.1) is 13.8 Å². The van der Waals surface area contributed by atoms with Crippen LogP contribution in [0.25, 0.3) is 0 Å². The van der Waals surface area contributed by atoms with Gasteiger partial charge in [-0.1, -0.05) is 29.5 Å². The van der Waals surface area contributed by atoms with Crippen molar-refractivity contribution in [2.45, 2.75) is 33.8 Å². The zero-order valence-corrected chi connectivity index (χ0v) is 18.8. The zero-order valence-electron chi connectivity index (χ0n) is 16.4. The van der Waals surface area contributed by atoms with E-state index >= 15 is 0 Å². The Morgan fingerprint density at radius 3 is 2.53 bits per heavy atom. The smallest absolute Gasteiger partial charge is 0.277 e. The molecule has 30 heavy (non-hydrogen) atoms. The molecule has 3 aromatic heterocycles. The van der Waals surface area contributed by atoms with Crippen molar-refractivity contribution in [1.29, 1.82) is 0 Å². The standard InChI is InChI=1S/C19H17N7OS3/c1-11-4-6-13(7-5-11)28-14-8-9-15(29-19-24-20-10-26(19)3)22-16(14)17(27)23-18-21-12(2)25-30-18/h4-10H,1-3H3,(H,21,23,25,27). The van der Waals surface area contributed by atoms with Gasteiger partial charge >= 0.3 is 0 Å².